The molecule has 2 aromatic rings. The Bertz CT molecular complexity index is 592. The van der Waals surface area contributed by atoms with E-state index in [0.717, 1.165) is 16.3 Å². The lowest BCUT2D eigenvalue weighted by Crippen LogP contribution is -2.25. The number of halogens is 1. The number of carbonyl (C=O) groups is 1. The van der Waals surface area contributed by atoms with Gasteiger partial charge in [-0.25, -0.2) is 0 Å². The van der Waals surface area contributed by atoms with Crippen molar-refractivity contribution in [2.45, 2.75) is 26.4 Å². The number of hydrogen-bond acceptors (Lipinski definition) is 3. The molecule has 0 saturated carbocycles. The Kier molecular flexibility index (Phi) is 5.20. The highest BCUT2D eigenvalue weighted by Gasteiger charge is 2.12. The van der Waals surface area contributed by atoms with Crippen molar-refractivity contribution < 1.29 is 13.9 Å². The molecule has 0 unspecified atom stereocenters. The van der Waals surface area contributed by atoms with Gasteiger partial charge in [0.15, 0.2) is 5.76 Å². The maximum Gasteiger partial charge on any atom is 0.287 e. The first kappa shape index (κ1) is 15.1. The maximum atomic E-state index is 12.0. The van der Waals surface area contributed by atoms with Crippen LogP contribution in [-0.2, 0) is 4.74 Å². The van der Waals surface area contributed by atoms with Crippen LogP contribution < -0.4 is 5.32 Å². The molecule has 0 aliphatic rings. The first-order chi connectivity index (χ1) is 9.58. The summed E-state index contributed by atoms with van der Waals surface area (Å²) >= 11 is 3.44. The fraction of sp³-hybridized carbons (Fsp3) is 0.400. The predicted molar refractivity (Wildman–Crippen MR) is 82.0 cm³/mol. The summed E-state index contributed by atoms with van der Waals surface area (Å²) < 4.78 is 11.9. The number of nitrogens with one attached hydrogen (secondary N) is 1. The van der Waals surface area contributed by atoms with E-state index in [2.05, 4.69) is 21.2 Å². The molecule has 0 fully saturated rings. The van der Waals surface area contributed by atoms with Crippen LogP contribution in [0.2, 0.25) is 0 Å². The summed E-state index contributed by atoms with van der Waals surface area (Å²) in [6.07, 6.45) is 1.01. The SMILES string of the molecule is CC(C)OCCCNC(=O)c1cc2c(Br)cccc2o1. The molecule has 0 atom stereocenters. The van der Waals surface area contributed by atoms with Crippen molar-refractivity contribution in [3.8, 4) is 0 Å². The quantitative estimate of drug-likeness (QED) is 0.815. The molecule has 1 heterocycles. The molecule has 1 aromatic carbocycles. The molecule has 20 heavy (non-hydrogen) atoms. The summed E-state index contributed by atoms with van der Waals surface area (Å²) in [6, 6.07) is 7.39. The molecule has 1 N–H and O–H groups in total. The summed E-state index contributed by atoms with van der Waals surface area (Å²) in [5, 5.41) is 3.73. The number of furan rings is 1. The molecule has 5 heteroatoms. The van der Waals surface area contributed by atoms with Gasteiger partial charge in [0.1, 0.15) is 5.58 Å². The largest absolute Gasteiger partial charge is 0.451 e. The van der Waals surface area contributed by atoms with E-state index < -0.39 is 0 Å². The van der Waals surface area contributed by atoms with Crippen molar-refractivity contribution in [2.24, 2.45) is 0 Å². The molecule has 0 radical (unpaired) electrons. The zero-order chi connectivity index (χ0) is 14.5. The van der Waals surface area contributed by atoms with Gasteiger partial charge in [0.25, 0.3) is 5.91 Å². The lowest BCUT2D eigenvalue weighted by molar-refractivity contribution is 0.0753. The summed E-state index contributed by atoms with van der Waals surface area (Å²) in [5.41, 5.74) is 0.702. The van der Waals surface area contributed by atoms with E-state index in [1.807, 2.05) is 32.0 Å². The van der Waals surface area contributed by atoms with Crippen molar-refractivity contribution in [3.63, 3.8) is 0 Å². The molecule has 1 amide bonds. The van der Waals surface area contributed by atoms with Gasteiger partial charge in [-0.1, -0.05) is 22.0 Å². The lowest BCUT2D eigenvalue weighted by Gasteiger charge is -2.07. The molecular formula is C15H18BrNO3. The molecule has 108 valence electrons. The fourth-order valence-corrected chi connectivity index (χ4v) is 2.28. The van der Waals surface area contributed by atoms with Crippen LogP contribution in [0.1, 0.15) is 30.8 Å². The third-order valence-corrected chi connectivity index (χ3v) is 3.48. The van der Waals surface area contributed by atoms with Gasteiger partial charge in [-0.3, -0.25) is 4.79 Å². The molecule has 0 spiro atoms. The van der Waals surface area contributed by atoms with E-state index in [1.54, 1.807) is 6.07 Å². The normalized spacial score (nSPS) is 11.2. The lowest BCUT2D eigenvalue weighted by atomic mass is 10.2. The Labute approximate surface area is 126 Å². The van der Waals surface area contributed by atoms with E-state index in [4.69, 9.17) is 9.15 Å². The minimum Gasteiger partial charge on any atom is -0.451 e. The van der Waals surface area contributed by atoms with Crippen LogP contribution in [0.15, 0.2) is 33.2 Å². The summed E-state index contributed by atoms with van der Waals surface area (Å²) in [7, 11) is 0. The molecule has 4 nitrogen and oxygen atoms in total. The number of ether oxygens (including phenoxy) is 1. The van der Waals surface area contributed by atoms with Gasteiger partial charge in [0, 0.05) is 23.0 Å². The molecular weight excluding hydrogens is 322 g/mol. The highest BCUT2D eigenvalue weighted by atomic mass is 79.9. The molecule has 1 aromatic heterocycles. The van der Waals surface area contributed by atoms with E-state index in [1.165, 1.54) is 0 Å². The summed E-state index contributed by atoms with van der Waals surface area (Å²) in [6.45, 7) is 5.20. The third kappa shape index (κ3) is 3.84. The summed E-state index contributed by atoms with van der Waals surface area (Å²) in [4.78, 5) is 12.0. The predicted octanol–water partition coefficient (Wildman–Crippen LogP) is 3.74. The number of carbonyl (C=O) groups excluding carboxylic acids is 1. The Hall–Kier alpha value is -1.33. The Balaban J connectivity index is 1.90. The first-order valence-electron chi connectivity index (χ1n) is 6.66. The first-order valence-corrected chi connectivity index (χ1v) is 7.45. The van der Waals surface area contributed by atoms with Crippen molar-refractivity contribution in [3.05, 3.63) is 34.5 Å². The average molecular weight is 340 g/mol. The van der Waals surface area contributed by atoms with Gasteiger partial charge in [0.2, 0.25) is 0 Å². The Morgan fingerprint density at radius 1 is 1.45 bits per heavy atom. The smallest absolute Gasteiger partial charge is 0.287 e. The van der Waals surface area contributed by atoms with Crippen molar-refractivity contribution >= 4 is 32.8 Å². The second-order valence-electron chi connectivity index (χ2n) is 4.79. The van der Waals surface area contributed by atoms with Gasteiger partial charge < -0.3 is 14.5 Å². The molecule has 0 aliphatic carbocycles. The average Bonchev–Trinajstić information content (AvgIpc) is 2.83. The van der Waals surface area contributed by atoms with Crippen LogP contribution in [0.3, 0.4) is 0 Å². The molecule has 0 aliphatic heterocycles. The second kappa shape index (κ2) is 6.90. The van der Waals surface area contributed by atoms with Crippen molar-refractivity contribution in [1.82, 2.24) is 5.32 Å². The van der Waals surface area contributed by atoms with Crippen molar-refractivity contribution in [1.29, 1.82) is 0 Å². The highest BCUT2D eigenvalue weighted by molar-refractivity contribution is 9.10. The monoisotopic (exact) mass is 339 g/mol. The van der Waals surface area contributed by atoms with Gasteiger partial charge in [-0.15, -0.1) is 0 Å². The van der Waals surface area contributed by atoms with E-state index >= 15 is 0 Å². The van der Waals surface area contributed by atoms with Crippen LogP contribution in [0, 0.1) is 0 Å². The maximum absolute atomic E-state index is 12.0. The fourth-order valence-electron chi connectivity index (χ4n) is 1.82. The van der Waals surface area contributed by atoms with Gasteiger partial charge in [-0.05, 0) is 38.5 Å². The topological polar surface area (TPSA) is 51.5 Å². The second-order valence-corrected chi connectivity index (χ2v) is 5.65. The number of fused-ring (bicyclic) bond motifs is 1. The zero-order valence-electron chi connectivity index (χ0n) is 11.6. The minimum atomic E-state index is -0.197. The van der Waals surface area contributed by atoms with Crippen LogP contribution >= 0.6 is 15.9 Å². The highest BCUT2D eigenvalue weighted by Crippen LogP contribution is 2.26. The Morgan fingerprint density at radius 2 is 2.25 bits per heavy atom. The van der Waals surface area contributed by atoms with Crippen LogP contribution in [0.25, 0.3) is 11.0 Å². The van der Waals surface area contributed by atoms with Crippen LogP contribution in [0.4, 0.5) is 0 Å². The number of amides is 1. The van der Waals surface area contributed by atoms with Crippen LogP contribution in [0.5, 0.6) is 0 Å². The van der Waals surface area contributed by atoms with Crippen LogP contribution in [-0.4, -0.2) is 25.2 Å². The van der Waals surface area contributed by atoms with Gasteiger partial charge >= 0.3 is 0 Å². The zero-order valence-corrected chi connectivity index (χ0v) is 13.2. The number of hydrogen-bond donors (Lipinski definition) is 1. The summed E-state index contributed by atoms with van der Waals surface area (Å²) in [5.74, 6) is 0.134. The minimum absolute atomic E-state index is 0.197. The Morgan fingerprint density at radius 3 is 2.95 bits per heavy atom. The number of rotatable bonds is 6. The van der Waals surface area contributed by atoms with Gasteiger partial charge in [0.05, 0.1) is 6.10 Å². The molecule has 2 rings (SSSR count). The van der Waals surface area contributed by atoms with Gasteiger partial charge in [-0.2, -0.15) is 0 Å². The molecule has 0 bridgehead atoms. The van der Waals surface area contributed by atoms with E-state index in [0.29, 0.717) is 24.5 Å². The molecule has 0 saturated heterocycles. The van der Waals surface area contributed by atoms with E-state index in [9.17, 15) is 4.79 Å². The standard InChI is InChI=1S/C15H18BrNO3/c1-10(2)19-8-4-7-17-15(18)14-9-11-12(16)5-3-6-13(11)20-14/h3,5-6,9-10H,4,7-8H2,1-2H3,(H,17,18). The number of benzene rings is 1. The van der Waals surface area contributed by atoms with E-state index in [-0.39, 0.29) is 12.0 Å². The third-order valence-electron chi connectivity index (χ3n) is 2.79. The van der Waals surface area contributed by atoms with Crippen molar-refractivity contribution in [2.75, 3.05) is 13.2 Å².